The third-order valence-corrected chi connectivity index (χ3v) is 3.26. The summed E-state index contributed by atoms with van der Waals surface area (Å²) in [4.78, 5) is 23.8. The zero-order valence-corrected chi connectivity index (χ0v) is 14.9. The van der Waals surface area contributed by atoms with E-state index in [1.165, 1.54) is 20.3 Å². The molecule has 0 aliphatic heterocycles. The number of nitrogens with one attached hydrogen (secondary N) is 1. The summed E-state index contributed by atoms with van der Waals surface area (Å²) in [5.41, 5.74) is 2.62. The highest BCUT2D eigenvalue weighted by atomic mass is 79.9. The lowest BCUT2D eigenvalue weighted by molar-refractivity contribution is 0.138. The van der Waals surface area contributed by atoms with E-state index >= 15 is 0 Å². The minimum absolute atomic E-state index is 0.144. The number of halogens is 1. The number of anilines is 1. The smallest absolute Gasteiger partial charge is 0.433 e. The number of carbonyl (C=O) groups excluding carboxylic acids is 2. The molecule has 0 heterocycles. The van der Waals surface area contributed by atoms with E-state index in [4.69, 9.17) is 18.9 Å². The van der Waals surface area contributed by atoms with Crippen molar-refractivity contribution in [3.63, 3.8) is 0 Å². The number of hydrogen-bond acceptors (Lipinski definition) is 6. The van der Waals surface area contributed by atoms with E-state index in [1.54, 1.807) is 19.9 Å². The molecule has 0 aliphatic rings. The molecule has 0 spiro atoms. The van der Waals surface area contributed by atoms with Crippen molar-refractivity contribution in [2.45, 2.75) is 13.8 Å². The summed E-state index contributed by atoms with van der Waals surface area (Å²) in [5, 5.41) is 0.924. The van der Waals surface area contributed by atoms with Gasteiger partial charge < -0.3 is 18.9 Å². The third-order valence-electron chi connectivity index (χ3n) is 2.62. The molecule has 0 aromatic heterocycles. The fourth-order valence-electron chi connectivity index (χ4n) is 1.66. The number of hydrogen-bond donors (Lipinski definition) is 1. The van der Waals surface area contributed by atoms with Gasteiger partial charge in [0.05, 0.1) is 33.1 Å². The van der Waals surface area contributed by atoms with Crippen molar-refractivity contribution in [2.24, 2.45) is 0 Å². The van der Waals surface area contributed by atoms with Gasteiger partial charge in [-0.2, -0.15) is 5.01 Å². The van der Waals surface area contributed by atoms with Crippen molar-refractivity contribution in [1.82, 2.24) is 5.43 Å². The van der Waals surface area contributed by atoms with Gasteiger partial charge in [0.1, 0.15) is 0 Å². The van der Waals surface area contributed by atoms with Gasteiger partial charge in [0.15, 0.2) is 11.5 Å². The lowest BCUT2D eigenvalue weighted by Crippen LogP contribution is -2.47. The highest BCUT2D eigenvalue weighted by Crippen LogP contribution is 2.37. The van der Waals surface area contributed by atoms with Gasteiger partial charge in [-0.1, -0.05) is 0 Å². The van der Waals surface area contributed by atoms with Crippen molar-refractivity contribution in [3.8, 4) is 11.5 Å². The maximum Gasteiger partial charge on any atom is 0.433 e. The first-order chi connectivity index (χ1) is 11.0. The second-order valence-corrected chi connectivity index (χ2v) is 4.88. The minimum Gasteiger partial charge on any atom is -0.493 e. The Hall–Kier alpha value is -2.16. The molecule has 1 N–H and O–H groups in total. The lowest BCUT2D eigenvalue weighted by atomic mass is 10.2. The average Bonchev–Trinajstić information content (AvgIpc) is 2.53. The Morgan fingerprint density at radius 1 is 1.09 bits per heavy atom. The summed E-state index contributed by atoms with van der Waals surface area (Å²) >= 11 is 3.32. The van der Waals surface area contributed by atoms with Gasteiger partial charge >= 0.3 is 12.2 Å². The van der Waals surface area contributed by atoms with Crippen LogP contribution in [0.4, 0.5) is 15.3 Å². The van der Waals surface area contributed by atoms with E-state index in [2.05, 4.69) is 21.4 Å². The third kappa shape index (κ3) is 4.92. The normalized spacial score (nSPS) is 9.78. The van der Waals surface area contributed by atoms with Crippen molar-refractivity contribution in [3.05, 3.63) is 16.6 Å². The molecule has 0 aliphatic carbocycles. The average molecular weight is 391 g/mol. The fourth-order valence-corrected chi connectivity index (χ4v) is 2.16. The largest absolute Gasteiger partial charge is 0.493 e. The first kappa shape index (κ1) is 18.9. The highest BCUT2D eigenvalue weighted by molar-refractivity contribution is 9.10. The molecule has 0 fully saturated rings. The van der Waals surface area contributed by atoms with Crippen LogP contribution < -0.4 is 19.9 Å². The predicted molar refractivity (Wildman–Crippen MR) is 86.9 cm³/mol. The summed E-state index contributed by atoms with van der Waals surface area (Å²) in [6.45, 7) is 3.62. The monoisotopic (exact) mass is 390 g/mol. The standard InChI is InChI=1S/C14H19BrN2O6/c1-5-22-13(18)16-17(14(19)23-6-2)10-8-12(21-4)11(20-3)7-9(10)15/h7-8H,5-6H2,1-4H3,(H,16,18). The molecule has 2 amide bonds. The highest BCUT2D eigenvalue weighted by Gasteiger charge is 2.24. The molecule has 0 bridgehead atoms. The number of amides is 2. The van der Waals surface area contributed by atoms with Crippen LogP contribution in [-0.4, -0.2) is 39.6 Å². The Balaban J connectivity index is 3.24. The molecular formula is C14H19BrN2O6. The second kappa shape index (κ2) is 9.09. The molecule has 1 rings (SSSR count). The van der Waals surface area contributed by atoms with Crippen molar-refractivity contribution < 1.29 is 28.5 Å². The van der Waals surface area contributed by atoms with E-state index in [-0.39, 0.29) is 13.2 Å². The quantitative estimate of drug-likeness (QED) is 0.777. The molecule has 1 aromatic carbocycles. The predicted octanol–water partition coefficient (Wildman–Crippen LogP) is 3.09. The van der Waals surface area contributed by atoms with Crippen LogP contribution in [0, 0.1) is 0 Å². The van der Waals surface area contributed by atoms with Crippen LogP contribution in [0.1, 0.15) is 13.8 Å². The maximum atomic E-state index is 12.1. The number of nitrogens with zero attached hydrogens (tertiary/aromatic N) is 1. The minimum atomic E-state index is -0.790. The van der Waals surface area contributed by atoms with Gasteiger partial charge in [-0.25, -0.2) is 15.0 Å². The van der Waals surface area contributed by atoms with Crippen LogP contribution in [0.3, 0.4) is 0 Å². The molecule has 0 radical (unpaired) electrons. The fraction of sp³-hybridized carbons (Fsp3) is 0.429. The molecule has 0 saturated carbocycles. The summed E-state index contributed by atoms with van der Waals surface area (Å²) < 4.78 is 20.6. The molecule has 0 saturated heterocycles. The number of rotatable bonds is 5. The number of benzene rings is 1. The van der Waals surface area contributed by atoms with Crippen molar-refractivity contribution in [2.75, 3.05) is 32.4 Å². The zero-order valence-electron chi connectivity index (χ0n) is 13.3. The summed E-state index contributed by atoms with van der Waals surface area (Å²) in [6.07, 6.45) is -1.56. The number of carbonyl (C=O) groups is 2. The molecule has 8 nitrogen and oxygen atoms in total. The molecule has 128 valence electrons. The lowest BCUT2D eigenvalue weighted by Gasteiger charge is -2.24. The van der Waals surface area contributed by atoms with E-state index in [0.29, 0.717) is 21.7 Å². The Bertz CT molecular complexity index is 566. The number of ether oxygens (including phenoxy) is 4. The van der Waals surface area contributed by atoms with Gasteiger partial charge in [0, 0.05) is 16.6 Å². The molecular weight excluding hydrogens is 372 g/mol. The Morgan fingerprint density at radius 3 is 2.17 bits per heavy atom. The van der Waals surface area contributed by atoms with Gasteiger partial charge in [0.25, 0.3) is 0 Å². The van der Waals surface area contributed by atoms with Gasteiger partial charge in [-0.15, -0.1) is 0 Å². The summed E-state index contributed by atoms with van der Waals surface area (Å²) in [5.74, 6) is 0.841. The molecule has 1 aromatic rings. The van der Waals surface area contributed by atoms with Crippen LogP contribution >= 0.6 is 15.9 Å². The van der Waals surface area contributed by atoms with Crippen LogP contribution in [0.25, 0.3) is 0 Å². The van der Waals surface area contributed by atoms with E-state index in [1.807, 2.05) is 0 Å². The van der Waals surface area contributed by atoms with Gasteiger partial charge in [-0.05, 0) is 29.8 Å². The van der Waals surface area contributed by atoms with E-state index < -0.39 is 12.2 Å². The molecule has 23 heavy (non-hydrogen) atoms. The Kier molecular flexibility index (Phi) is 7.46. The Morgan fingerprint density at radius 2 is 1.65 bits per heavy atom. The van der Waals surface area contributed by atoms with Crippen LogP contribution in [0.2, 0.25) is 0 Å². The van der Waals surface area contributed by atoms with Crippen molar-refractivity contribution >= 4 is 33.8 Å². The molecule has 0 unspecified atom stereocenters. The van der Waals surface area contributed by atoms with Crippen LogP contribution in [0.15, 0.2) is 16.6 Å². The Labute approximate surface area is 142 Å². The molecule has 0 atom stereocenters. The van der Waals surface area contributed by atoms with E-state index in [0.717, 1.165) is 5.01 Å². The topological polar surface area (TPSA) is 86.3 Å². The van der Waals surface area contributed by atoms with Crippen LogP contribution in [-0.2, 0) is 9.47 Å². The van der Waals surface area contributed by atoms with E-state index in [9.17, 15) is 9.59 Å². The zero-order chi connectivity index (χ0) is 17.4. The molecule has 9 heteroatoms. The summed E-state index contributed by atoms with van der Waals surface area (Å²) in [6, 6.07) is 3.12. The SMILES string of the molecule is CCOC(=O)NN(C(=O)OCC)c1cc(OC)c(OC)cc1Br. The number of methoxy groups -OCH3 is 2. The maximum absolute atomic E-state index is 12.1. The van der Waals surface area contributed by atoms with Gasteiger partial charge in [0.2, 0.25) is 0 Å². The first-order valence-electron chi connectivity index (χ1n) is 6.80. The first-order valence-corrected chi connectivity index (χ1v) is 7.59. The van der Waals surface area contributed by atoms with Gasteiger partial charge in [-0.3, -0.25) is 0 Å². The van der Waals surface area contributed by atoms with Crippen LogP contribution in [0.5, 0.6) is 11.5 Å². The second-order valence-electron chi connectivity index (χ2n) is 4.03. The summed E-state index contributed by atoms with van der Waals surface area (Å²) in [7, 11) is 2.95. The number of hydrazine groups is 1. The van der Waals surface area contributed by atoms with Crippen molar-refractivity contribution in [1.29, 1.82) is 0 Å².